The molecular weight excluding hydrogens is 136 g/mol. The maximum atomic E-state index is 5.27. The van der Waals surface area contributed by atoms with Gasteiger partial charge in [0, 0.05) is 0 Å². The monoisotopic (exact) mass is 148 g/mol. The fourth-order valence-corrected chi connectivity index (χ4v) is 1.65. The van der Waals surface area contributed by atoms with Crippen molar-refractivity contribution in [1.82, 2.24) is 0 Å². The van der Waals surface area contributed by atoms with Gasteiger partial charge in [-0.15, -0.1) is 0 Å². The molecule has 4 heteroatoms. The molecule has 0 aromatic rings. The largest absolute Gasteiger partial charge is 0.394 e. The average molecular weight is 148 g/mol. The third-order valence-electron chi connectivity index (χ3n) is 1.16. The molecule has 0 radical (unpaired) electrons. The zero-order valence-corrected chi connectivity index (χ0v) is 6.79. The van der Waals surface area contributed by atoms with Crippen molar-refractivity contribution in [2.75, 3.05) is 26.4 Å². The highest BCUT2D eigenvalue weighted by Crippen LogP contribution is 1.92. The summed E-state index contributed by atoms with van der Waals surface area (Å²) in [5, 5.41) is 0. The lowest BCUT2D eigenvalue weighted by molar-refractivity contribution is 0.0368. The fourth-order valence-electron chi connectivity index (χ4n) is 0.696. The van der Waals surface area contributed by atoms with Crippen molar-refractivity contribution in [3.8, 4) is 0 Å². The molecule has 0 aliphatic carbocycles. The normalized spacial score (nSPS) is 25.0. The van der Waals surface area contributed by atoms with Crippen LogP contribution in [0.25, 0.3) is 0 Å². The molecule has 0 aromatic carbocycles. The van der Waals surface area contributed by atoms with E-state index in [0.717, 1.165) is 13.2 Å². The number of ether oxygens (including phenoxy) is 1. The molecule has 0 saturated carbocycles. The van der Waals surface area contributed by atoms with E-state index >= 15 is 0 Å². The average Bonchev–Trinajstić information content (AvgIpc) is 1.79. The molecule has 0 atom stereocenters. The van der Waals surface area contributed by atoms with Gasteiger partial charge in [-0.1, -0.05) is 0 Å². The number of hydrogen-bond acceptors (Lipinski definition) is 3. The van der Waals surface area contributed by atoms with Crippen LogP contribution in [-0.4, -0.2) is 35.7 Å². The van der Waals surface area contributed by atoms with Crippen molar-refractivity contribution < 1.29 is 13.6 Å². The Morgan fingerprint density at radius 3 is 2.11 bits per heavy atom. The molecule has 0 spiro atoms. The van der Waals surface area contributed by atoms with Gasteiger partial charge in [0.1, 0.15) is 0 Å². The van der Waals surface area contributed by atoms with Crippen LogP contribution in [0.15, 0.2) is 0 Å². The molecule has 1 aliphatic heterocycles. The van der Waals surface area contributed by atoms with Crippen molar-refractivity contribution in [3.05, 3.63) is 0 Å². The van der Waals surface area contributed by atoms with Gasteiger partial charge in [-0.25, -0.2) is 0 Å². The Bertz CT molecular complexity index is 70.6. The Morgan fingerprint density at radius 1 is 1.00 bits per heavy atom. The topological polar surface area (TPSA) is 27.7 Å². The molecular formula is C5H12O3Si. The van der Waals surface area contributed by atoms with Crippen molar-refractivity contribution in [3.63, 3.8) is 0 Å². The van der Waals surface area contributed by atoms with Crippen LogP contribution in [0.5, 0.6) is 0 Å². The van der Waals surface area contributed by atoms with Gasteiger partial charge in [-0.05, 0) is 6.55 Å². The second-order valence-electron chi connectivity index (χ2n) is 1.92. The van der Waals surface area contributed by atoms with Crippen LogP contribution in [0.1, 0.15) is 0 Å². The zero-order chi connectivity index (χ0) is 6.53. The lowest BCUT2D eigenvalue weighted by Crippen LogP contribution is -2.26. The minimum absolute atomic E-state index is 0.702. The molecule has 0 amide bonds. The van der Waals surface area contributed by atoms with Gasteiger partial charge >= 0.3 is 9.28 Å². The van der Waals surface area contributed by atoms with E-state index < -0.39 is 9.28 Å². The van der Waals surface area contributed by atoms with Gasteiger partial charge in [-0.2, -0.15) is 0 Å². The summed E-state index contributed by atoms with van der Waals surface area (Å²) >= 11 is 0. The first-order valence-electron chi connectivity index (χ1n) is 3.20. The first-order valence-corrected chi connectivity index (χ1v) is 5.30. The molecule has 54 valence electrons. The van der Waals surface area contributed by atoms with Crippen molar-refractivity contribution in [2.24, 2.45) is 0 Å². The smallest absolute Gasteiger partial charge is 0.318 e. The quantitative estimate of drug-likeness (QED) is 0.449. The summed E-state index contributed by atoms with van der Waals surface area (Å²) in [6.45, 7) is 4.88. The predicted octanol–water partition coefficient (Wildman–Crippen LogP) is -0.0999. The summed E-state index contributed by atoms with van der Waals surface area (Å²) in [6, 6.07) is 0. The Balaban J connectivity index is 2.12. The first-order chi connectivity index (χ1) is 4.39. The summed E-state index contributed by atoms with van der Waals surface area (Å²) in [5.41, 5.74) is 0. The van der Waals surface area contributed by atoms with Gasteiger partial charge in [0.05, 0.1) is 26.4 Å². The minimum Gasteiger partial charge on any atom is -0.394 e. The number of rotatable bonds is 0. The molecule has 1 saturated heterocycles. The van der Waals surface area contributed by atoms with Gasteiger partial charge in [-0.3, -0.25) is 0 Å². The van der Waals surface area contributed by atoms with Gasteiger partial charge in [0.15, 0.2) is 0 Å². The lowest BCUT2D eigenvalue weighted by Gasteiger charge is -2.16. The van der Waals surface area contributed by atoms with E-state index in [9.17, 15) is 0 Å². The van der Waals surface area contributed by atoms with E-state index in [4.69, 9.17) is 13.6 Å². The van der Waals surface area contributed by atoms with Crippen molar-refractivity contribution >= 4 is 9.28 Å². The lowest BCUT2D eigenvalue weighted by atomic mass is 10.7. The Morgan fingerprint density at radius 2 is 1.56 bits per heavy atom. The summed E-state index contributed by atoms with van der Waals surface area (Å²) in [5.74, 6) is 0. The molecule has 1 rings (SSSR count). The SMILES string of the molecule is C[SiH]1OCCOCCO1. The Labute approximate surface area is 56.8 Å². The maximum Gasteiger partial charge on any atom is 0.318 e. The molecule has 3 nitrogen and oxygen atoms in total. The van der Waals surface area contributed by atoms with Crippen molar-refractivity contribution in [1.29, 1.82) is 0 Å². The van der Waals surface area contributed by atoms with Gasteiger partial charge in [0.2, 0.25) is 0 Å². The highest BCUT2D eigenvalue weighted by Gasteiger charge is 2.07. The van der Waals surface area contributed by atoms with E-state index in [1.165, 1.54) is 0 Å². The molecule has 0 bridgehead atoms. The van der Waals surface area contributed by atoms with E-state index in [1.54, 1.807) is 0 Å². The first kappa shape index (κ1) is 7.21. The van der Waals surface area contributed by atoms with E-state index in [-0.39, 0.29) is 0 Å². The van der Waals surface area contributed by atoms with Gasteiger partial charge < -0.3 is 13.6 Å². The predicted molar refractivity (Wildman–Crippen MR) is 35.7 cm³/mol. The van der Waals surface area contributed by atoms with Crippen molar-refractivity contribution in [2.45, 2.75) is 6.55 Å². The minimum atomic E-state index is -1.25. The maximum absolute atomic E-state index is 5.27. The summed E-state index contributed by atoms with van der Waals surface area (Å²) < 4.78 is 15.6. The molecule has 1 heterocycles. The summed E-state index contributed by atoms with van der Waals surface area (Å²) in [4.78, 5) is 0. The third kappa shape index (κ3) is 2.95. The van der Waals surface area contributed by atoms with E-state index in [1.807, 2.05) is 6.55 Å². The van der Waals surface area contributed by atoms with Crippen LogP contribution < -0.4 is 0 Å². The third-order valence-corrected chi connectivity index (χ3v) is 2.57. The molecule has 0 unspecified atom stereocenters. The fraction of sp³-hybridized carbons (Fsp3) is 1.00. The van der Waals surface area contributed by atoms with E-state index in [0.29, 0.717) is 13.2 Å². The van der Waals surface area contributed by atoms with Gasteiger partial charge in [0.25, 0.3) is 0 Å². The Hall–Kier alpha value is 0.0969. The van der Waals surface area contributed by atoms with Crippen LogP contribution in [0.3, 0.4) is 0 Å². The van der Waals surface area contributed by atoms with Crippen LogP contribution in [0.4, 0.5) is 0 Å². The van der Waals surface area contributed by atoms with Crippen LogP contribution in [-0.2, 0) is 13.6 Å². The van der Waals surface area contributed by atoms with E-state index in [2.05, 4.69) is 0 Å². The summed E-state index contributed by atoms with van der Waals surface area (Å²) in [6.07, 6.45) is 0. The van der Waals surface area contributed by atoms with Crippen LogP contribution in [0.2, 0.25) is 6.55 Å². The molecule has 1 fully saturated rings. The molecule has 9 heavy (non-hydrogen) atoms. The molecule has 1 aliphatic rings. The highest BCUT2D eigenvalue weighted by molar-refractivity contribution is 6.42. The van der Waals surface area contributed by atoms with Crippen LogP contribution in [0, 0.1) is 0 Å². The second-order valence-corrected chi connectivity index (χ2v) is 3.72. The Kier molecular flexibility index (Phi) is 3.20. The second kappa shape index (κ2) is 4.00. The standard InChI is InChI=1S/C5H12O3Si/c1-9-7-4-2-6-3-5-8-9/h9H,2-5H2,1H3. The molecule has 0 aromatic heterocycles. The zero-order valence-electron chi connectivity index (χ0n) is 5.63. The number of hydrogen-bond donors (Lipinski definition) is 0. The molecule has 0 N–H and O–H groups in total. The highest BCUT2D eigenvalue weighted by atomic mass is 28.3. The van der Waals surface area contributed by atoms with Crippen LogP contribution >= 0.6 is 0 Å². The summed E-state index contributed by atoms with van der Waals surface area (Å²) in [7, 11) is -1.25.